The minimum absolute atomic E-state index is 0.00887. The molecule has 35 heteroatoms. The van der Waals surface area contributed by atoms with Crippen molar-refractivity contribution in [3.05, 3.63) is 108 Å². The van der Waals surface area contributed by atoms with E-state index in [1.165, 1.54) is 0 Å². The van der Waals surface area contributed by atoms with Crippen molar-refractivity contribution in [1.82, 2.24) is 78.8 Å². The number of carbonyl (C=O) groups is 11. The van der Waals surface area contributed by atoms with Gasteiger partial charge < -0.3 is 113 Å². The summed E-state index contributed by atoms with van der Waals surface area (Å²) >= 11 is 0. The third-order valence-electron chi connectivity index (χ3n) is 18.4. The largest absolute Gasteiger partial charge is 0.480 e. The Labute approximate surface area is 625 Å². The number of aliphatic carboxylic acids is 1. The molecule has 6 aromatic rings. The predicted molar refractivity (Wildman–Crippen MR) is 409 cm³/mol. The quantitative estimate of drug-likeness (QED) is 0.0133. The maximum Gasteiger partial charge on any atom is 0.326 e. The molecule has 0 bridgehead atoms. The van der Waals surface area contributed by atoms with Gasteiger partial charge in [0.15, 0.2) is 17.9 Å². The molecule has 586 valence electrons. The number of aromatic nitrogens is 3. The van der Waals surface area contributed by atoms with Gasteiger partial charge in [-0.3, -0.25) is 64.2 Å². The number of amides is 10. The molecule has 0 spiro atoms. The Morgan fingerprint density at radius 1 is 0.417 bits per heavy atom. The number of aromatic amines is 3. The van der Waals surface area contributed by atoms with Crippen LogP contribution in [-0.4, -0.2) is 183 Å². The minimum atomic E-state index is -1.68. The first kappa shape index (κ1) is 85.2. The number of carbonyl (C=O) groups excluding carboxylic acids is 10. The van der Waals surface area contributed by atoms with Crippen molar-refractivity contribution in [2.24, 2.45) is 46.4 Å². The summed E-state index contributed by atoms with van der Waals surface area (Å²) in [5, 5.41) is 67.3. The van der Waals surface area contributed by atoms with Gasteiger partial charge in [-0.1, -0.05) is 103 Å². The fourth-order valence-corrected chi connectivity index (χ4v) is 12.4. The molecule has 108 heavy (non-hydrogen) atoms. The molecule has 0 aliphatic rings. The summed E-state index contributed by atoms with van der Waals surface area (Å²) < 4.78 is 0. The van der Waals surface area contributed by atoms with Crippen LogP contribution in [0.5, 0.6) is 0 Å². The highest BCUT2D eigenvalue weighted by Gasteiger charge is 2.38. The zero-order chi connectivity index (χ0) is 79.3. The van der Waals surface area contributed by atoms with Gasteiger partial charge in [0, 0.05) is 90.2 Å². The molecule has 10 amide bonds. The van der Waals surface area contributed by atoms with E-state index in [4.69, 9.17) is 44.9 Å². The number of carboxylic acids is 1. The summed E-state index contributed by atoms with van der Waals surface area (Å²) in [6.45, 7) is 10.8. The van der Waals surface area contributed by atoms with Crippen LogP contribution in [0.3, 0.4) is 0 Å². The van der Waals surface area contributed by atoms with Crippen molar-refractivity contribution in [2.75, 3.05) is 19.6 Å². The number of para-hydroxylation sites is 3. The molecular weight excluding hydrogens is 1390 g/mol. The Morgan fingerprint density at radius 3 is 1.14 bits per heavy atom. The second-order valence-corrected chi connectivity index (χ2v) is 27.7. The monoisotopic (exact) mass is 1500 g/mol. The molecule has 0 unspecified atom stereocenters. The number of primary amides is 1. The van der Waals surface area contributed by atoms with E-state index in [1.54, 1.807) is 76.6 Å². The van der Waals surface area contributed by atoms with Crippen LogP contribution >= 0.6 is 0 Å². The van der Waals surface area contributed by atoms with Crippen molar-refractivity contribution >= 4 is 116 Å². The lowest BCUT2D eigenvalue weighted by Crippen LogP contribution is -2.62. The summed E-state index contributed by atoms with van der Waals surface area (Å²) in [7, 11) is 0. The van der Waals surface area contributed by atoms with Crippen LogP contribution in [0.15, 0.2) is 91.4 Å². The maximum absolute atomic E-state index is 15.3. The molecule has 0 saturated carbocycles. The van der Waals surface area contributed by atoms with E-state index in [2.05, 4.69) is 78.8 Å². The standard InChI is InChI=1S/C73H107N23O12/c1-7-40(6)60(96-67(104)57(34-43-37-87-50-22-13-10-19-46(43)50)93-68(105)59(39(4)5)95-66(103)55(31-38(2)3)92-61(98)47(74)32-41-35-85-48-20-11-8-17-44(41)48)69(106)94-56(33-42-36-86-49-21-12-9-18-45(42)49)65(102)90-53(26-27-58(75)97)64(101)89-51(23-14-28-82-71(76)77)62(99)88-52(24-15-29-83-72(78)79)63(100)91-54(70(107)108)25-16-30-84-73(80)81/h8-13,17-22,35-40,47,51-57,59-60,85-87H,7,14-16,23-34,74H2,1-6H3,(H2,75,97)(H,88,99)(H,89,101)(H,90,102)(H,91,100)(H,92,98)(H,93,105)(H,94,106)(H,95,103)(H,96,104)(H,107,108)(H4,76,77,82)(H4,78,79,83)(H4,80,81,84)/t40-,47-,51-,52-,53-,54-,55-,56-,57-,59-,60-/m0/s1. The first-order valence-corrected chi connectivity index (χ1v) is 36.2. The number of H-pyrrole nitrogens is 3. The molecule has 0 aliphatic heterocycles. The fraction of sp³-hybridized carbons (Fsp3) is 0.479. The Balaban J connectivity index is 1.29. The molecule has 6 rings (SSSR count). The Bertz CT molecular complexity index is 4130. The molecular formula is C73H107N23O12. The molecule has 29 N–H and O–H groups in total. The van der Waals surface area contributed by atoms with E-state index in [-0.39, 0.29) is 108 Å². The van der Waals surface area contributed by atoms with E-state index < -0.39 is 156 Å². The van der Waals surface area contributed by atoms with Crippen LogP contribution in [0, 0.1) is 34.0 Å². The van der Waals surface area contributed by atoms with Crippen molar-refractivity contribution in [3.8, 4) is 0 Å². The number of nitrogens with one attached hydrogen (secondary N) is 18. The van der Waals surface area contributed by atoms with Crippen molar-refractivity contribution in [1.29, 1.82) is 16.2 Å². The Hall–Kier alpha value is -11.8. The zero-order valence-corrected chi connectivity index (χ0v) is 61.8. The highest BCUT2D eigenvalue weighted by Crippen LogP contribution is 2.24. The van der Waals surface area contributed by atoms with Gasteiger partial charge in [-0.05, 0) is 110 Å². The smallest absolute Gasteiger partial charge is 0.326 e. The van der Waals surface area contributed by atoms with Crippen molar-refractivity contribution in [3.63, 3.8) is 0 Å². The summed E-state index contributed by atoms with van der Waals surface area (Å²) in [5.41, 5.74) is 32.7. The van der Waals surface area contributed by atoms with Crippen LogP contribution in [0.2, 0.25) is 0 Å². The molecule has 0 radical (unpaired) electrons. The van der Waals surface area contributed by atoms with Gasteiger partial charge in [0.2, 0.25) is 59.1 Å². The van der Waals surface area contributed by atoms with Gasteiger partial charge in [-0.2, -0.15) is 0 Å². The molecule has 3 heterocycles. The molecule has 35 nitrogen and oxygen atoms in total. The van der Waals surface area contributed by atoms with Crippen molar-refractivity contribution < 1.29 is 57.8 Å². The topological polar surface area (TPSA) is 601 Å². The van der Waals surface area contributed by atoms with E-state index in [1.807, 2.05) is 56.3 Å². The summed E-state index contributed by atoms with van der Waals surface area (Å²) in [6.07, 6.45) is 4.21. The summed E-state index contributed by atoms with van der Waals surface area (Å²) in [4.78, 5) is 167. The number of guanidine groups is 3. The van der Waals surface area contributed by atoms with Crippen molar-refractivity contribution in [2.45, 2.75) is 185 Å². The SMILES string of the molecule is CC[C@H](C)[C@H](NC(=O)[C@H](Cc1c[nH]c2ccccc12)NC(=O)[C@@H](NC(=O)[C@H](CC(C)C)NC(=O)[C@@H](N)Cc1c[nH]c2ccccc12)C(C)C)C(=O)N[C@@H](Cc1c[nH]c2ccccc12)C(=O)N[C@@H](CCC(N)=O)C(=O)N[C@@H](CCCNC(=N)N)C(=O)N[C@@H](CCCNC(=N)N)C(=O)N[C@@H](CCCNC(=N)N)C(=O)O. The molecule has 3 aromatic heterocycles. The Kier molecular flexibility index (Phi) is 33.0. The highest BCUT2D eigenvalue weighted by molar-refractivity contribution is 6.00. The first-order chi connectivity index (χ1) is 51.3. The van der Waals surface area contributed by atoms with E-state index >= 15 is 14.4 Å². The number of rotatable bonds is 45. The predicted octanol–water partition coefficient (Wildman–Crippen LogP) is -0.263. The van der Waals surface area contributed by atoms with Gasteiger partial charge in [-0.15, -0.1) is 0 Å². The molecule has 3 aromatic carbocycles. The lowest BCUT2D eigenvalue weighted by atomic mass is 9.95. The van der Waals surface area contributed by atoms with E-state index in [9.17, 15) is 43.5 Å². The van der Waals surface area contributed by atoms with Gasteiger partial charge in [0.05, 0.1) is 6.04 Å². The molecule has 0 saturated heterocycles. The second-order valence-electron chi connectivity index (χ2n) is 27.7. The van der Waals surface area contributed by atoms with Crippen LogP contribution in [-0.2, 0) is 72.0 Å². The Morgan fingerprint density at radius 2 is 0.750 bits per heavy atom. The maximum atomic E-state index is 15.3. The van der Waals surface area contributed by atoms with Gasteiger partial charge in [-0.25, -0.2) is 4.79 Å². The van der Waals surface area contributed by atoms with Gasteiger partial charge in [0.25, 0.3) is 0 Å². The number of carboxylic acid groups (broad SMARTS) is 1. The summed E-state index contributed by atoms with van der Waals surface area (Å²) in [6, 6.07) is 7.90. The third kappa shape index (κ3) is 26.4. The normalized spacial score (nSPS) is 14.4. The zero-order valence-electron chi connectivity index (χ0n) is 61.8. The van der Waals surface area contributed by atoms with Crippen LogP contribution in [0.1, 0.15) is 122 Å². The minimum Gasteiger partial charge on any atom is -0.480 e. The van der Waals surface area contributed by atoms with Gasteiger partial charge >= 0.3 is 5.97 Å². The molecule has 0 aliphatic carbocycles. The summed E-state index contributed by atoms with van der Waals surface area (Å²) in [5.74, 6) is -12.4. The number of hydrogen-bond donors (Lipinski definition) is 24. The van der Waals surface area contributed by atoms with Crippen LogP contribution in [0.25, 0.3) is 32.7 Å². The number of nitrogens with two attached hydrogens (primary N) is 5. The van der Waals surface area contributed by atoms with Gasteiger partial charge in [0.1, 0.15) is 54.4 Å². The first-order valence-electron chi connectivity index (χ1n) is 36.2. The lowest BCUT2D eigenvalue weighted by Gasteiger charge is -2.30. The lowest BCUT2D eigenvalue weighted by molar-refractivity contribution is -0.142. The van der Waals surface area contributed by atoms with E-state index in [0.717, 1.165) is 27.4 Å². The average Bonchev–Trinajstić information content (AvgIpc) is 1.64. The number of fused-ring (bicyclic) bond motifs is 3. The number of benzene rings is 3. The van der Waals surface area contributed by atoms with E-state index in [0.29, 0.717) is 22.0 Å². The molecule has 0 fully saturated rings. The number of hydrogen-bond acceptors (Lipinski definition) is 15. The average molecular weight is 1500 g/mol. The third-order valence-corrected chi connectivity index (χ3v) is 18.4. The second kappa shape index (κ2) is 41.8. The van der Waals surface area contributed by atoms with Crippen LogP contribution < -0.4 is 92.5 Å². The molecule has 11 atom stereocenters. The fourth-order valence-electron chi connectivity index (χ4n) is 12.4. The highest BCUT2D eigenvalue weighted by atomic mass is 16.4. The van der Waals surface area contributed by atoms with Crippen LogP contribution in [0.4, 0.5) is 0 Å².